The zero-order valence-electron chi connectivity index (χ0n) is 11.5. The lowest BCUT2D eigenvalue weighted by atomic mass is 10.2. The zero-order chi connectivity index (χ0) is 15.4. The molecule has 1 heterocycles. The number of halogens is 2. The van der Waals surface area contributed by atoms with Crippen LogP contribution >= 0.6 is 23.2 Å². The summed E-state index contributed by atoms with van der Waals surface area (Å²) < 4.78 is 4.92. The van der Waals surface area contributed by atoms with Crippen molar-refractivity contribution in [2.24, 2.45) is 0 Å². The third-order valence-electron chi connectivity index (χ3n) is 2.65. The first-order valence-electron chi connectivity index (χ1n) is 6.24. The highest BCUT2D eigenvalue weighted by molar-refractivity contribution is 6.36. The Morgan fingerprint density at radius 3 is 2.76 bits per heavy atom. The number of anilines is 2. The van der Waals surface area contributed by atoms with E-state index in [9.17, 15) is 4.79 Å². The third-order valence-corrected chi connectivity index (χ3v) is 3.20. The normalized spacial score (nSPS) is 10.3. The molecule has 1 N–H and O–H groups in total. The molecule has 0 atom stereocenters. The summed E-state index contributed by atoms with van der Waals surface area (Å²) in [7, 11) is 0. The molecule has 0 unspecified atom stereocenters. The van der Waals surface area contributed by atoms with Gasteiger partial charge in [-0.3, -0.25) is 0 Å². The number of hydrogen-bond donors (Lipinski definition) is 1. The quantitative estimate of drug-likeness (QED) is 0.860. The summed E-state index contributed by atoms with van der Waals surface area (Å²) in [5.74, 6) is -0.101. The lowest BCUT2D eigenvalue weighted by Gasteiger charge is -2.09. The van der Waals surface area contributed by atoms with Gasteiger partial charge in [0.1, 0.15) is 0 Å². The largest absolute Gasteiger partial charge is 0.462 e. The Morgan fingerprint density at radius 2 is 2.14 bits per heavy atom. The van der Waals surface area contributed by atoms with Crippen LogP contribution in [0.2, 0.25) is 10.0 Å². The van der Waals surface area contributed by atoms with Gasteiger partial charge in [0.25, 0.3) is 0 Å². The number of rotatable bonds is 4. The molecular weight excluding hydrogens is 313 g/mol. The van der Waals surface area contributed by atoms with Gasteiger partial charge < -0.3 is 10.1 Å². The van der Waals surface area contributed by atoms with Gasteiger partial charge in [-0.15, -0.1) is 0 Å². The van der Waals surface area contributed by atoms with Crippen LogP contribution < -0.4 is 5.32 Å². The minimum absolute atomic E-state index is 0.304. The van der Waals surface area contributed by atoms with Crippen LogP contribution in [0.25, 0.3) is 0 Å². The second kappa shape index (κ2) is 6.74. The summed E-state index contributed by atoms with van der Waals surface area (Å²) in [6, 6.07) is 5.05. The third kappa shape index (κ3) is 3.83. The van der Waals surface area contributed by atoms with E-state index >= 15 is 0 Å². The Kier molecular flexibility index (Phi) is 4.98. The van der Waals surface area contributed by atoms with Crippen LogP contribution in [0.1, 0.15) is 23.0 Å². The van der Waals surface area contributed by atoms with Crippen LogP contribution in [0.4, 0.5) is 11.6 Å². The zero-order valence-corrected chi connectivity index (χ0v) is 13.0. The van der Waals surface area contributed by atoms with E-state index in [0.29, 0.717) is 39.5 Å². The second-order valence-corrected chi connectivity index (χ2v) is 5.01. The molecule has 21 heavy (non-hydrogen) atoms. The fraction of sp³-hybridized carbons (Fsp3) is 0.214. The smallest absolute Gasteiger partial charge is 0.341 e. The maximum absolute atomic E-state index is 11.7. The van der Waals surface area contributed by atoms with Gasteiger partial charge in [0, 0.05) is 11.2 Å². The Hall–Kier alpha value is -1.85. The monoisotopic (exact) mass is 325 g/mol. The average Bonchev–Trinajstić information content (AvgIpc) is 2.42. The maximum Gasteiger partial charge on any atom is 0.341 e. The molecule has 2 rings (SSSR count). The van der Waals surface area contributed by atoms with E-state index in [0.717, 1.165) is 0 Å². The number of aromatic nitrogens is 2. The molecule has 110 valence electrons. The Bertz CT molecular complexity index is 677. The molecule has 0 aliphatic heterocycles. The van der Waals surface area contributed by atoms with Crippen molar-refractivity contribution >= 4 is 40.8 Å². The molecule has 0 saturated carbocycles. The first kappa shape index (κ1) is 15.5. The number of aryl methyl sites for hydroxylation is 1. The van der Waals surface area contributed by atoms with Crippen LogP contribution in [-0.4, -0.2) is 22.5 Å². The van der Waals surface area contributed by atoms with E-state index in [-0.39, 0.29) is 0 Å². The molecule has 0 bridgehead atoms. The van der Waals surface area contributed by atoms with E-state index in [1.54, 1.807) is 32.0 Å². The molecule has 5 nitrogen and oxygen atoms in total. The minimum atomic E-state index is -0.439. The Morgan fingerprint density at radius 1 is 1.38 bits per heavy atom. The molecule has 1 aromatic carbocycles. The summed E-state index contributed by atoms with van der Waals surface area (Å²) in [5, 5.41) is 3.97. The SMILES string of the molecule is CCOC(=O)c1cnc(Nc2ccc(Cl)cc2Cl)nc1C. The molecule has 0 amide bonds. The molecule has 7 heteroatoms. The first-order chi connectivity index (χ1) is 10.0. The number of nitrogens with one attached hydrogen (secondary N) is 1. The van der Waals surface area contributed by atoms with Gasteiger partial charge in [-0.25, -0.2) is 14.8 Å². The van der Waals surface area contributed by atoms with Crippen LogP contribution in [-0.2, 0) is 4.74 Å². The predicted molar refractivity (Wildman–Crippen MR) is 82.5 cm³/mol. The van der Waals surface area contributed by atoms with Gasteiger partial charge in [-0.1, -0.05) is 23.2 Å². The summed E-state index contributed by atoms with van der Waals surface area (Å²) in [6.07, 6.45) is 1.42. The molecule has 2 aromatic rings. The summed E-state index contributed by atoms with van der Waals surface area (Å²) in [5.41, 5.74) is 1.49. The molecule has 0 aliphatic carbocycles. The highest BCUT2D eigenvalue weighted by atomic mass is 35.5. The van der Waals surface area contributed by atoms with Gasteiger partial charge in [-0.2, -0.15) is 0 Å². The number of benzene rings is 1. The van der Waals surface area contributed by atoms with Gasteiger partial charge in [-0.05, 0) is 32.0 Å². The molecule has 0 spiro atoms. The summed E-state index contributed by atoms with van der Waals surface area (Å²) in [4.78, 5) is 20.0. The summed E-state index contributed by atoms with van der Waals surface area (Å²) in [6.45, 7) is 3.76. The van der Waals surface area contributed by atoms with Crippen molar-refractivity contribution in [1.82, 2.24) is 9.97 Å². The molecule has 0 aliphatic rings. The maximum atomic E-state index is 11.7. The number of carbonyl (C=O) groups excluding carboxylic acids is 1. The fourth-order valence-electron chi connectivity index (χ4n) is 1.65. The van der Waals surface area contributed by atoms with E-state index in [1.165, 1.54) is 6.20 Å². The van der Waals surface area contributed by atoms with Crippen molar-refractivity contribution in [2.45, 2.75) is 13.8 Å². The number of ether oxygens (including phenoxy) is 1. The standard InChI is InChI=1S/C14H13Cl2N3O2/c1-3-21-13(20)10-7-17-14(18-8(10)2)19-12-5-4-9(15)6-11(12)16/h4-7H,3H2,1-2H3,(H,17,18,19). The summed E-state index contributed by atoms with van der Waals surface area (Å²) >= 11 is 11.9. The second-order valence-electron chi connectivity index (χ2n) is 4.16. The molecular formula is C14H13Cl2N3O2. The van der Waals surface area contributed by atoms with Crippen LogP contribution in [0, 0.1) is 6.92 Å². The van der Waals surface area contributed by atoms with Crippen molar-refractivity contribution in [2.75, 3.05) is 11.9 Å². The van der Waals surface area contributed by atoms with Crippen molar-refractivity contribution in [3.63, 3.8) is 0 Å². The van der Waals surface area contributed by atoms with Crippen molar-refractivity contribution < 1.29 is 9.53 Å². The lowest BCUT2D eigenvalue weighted by molar-refractivity contribution is 0.0524. The highest BCUT2D eigenvalue weighted by Crippen LogP contribution is 2.27. The number of hydrogen-bond acceptors (Lipinski definition) is 5. The predicted octanol–water partition coefficient (Wildman–Crippen LogP) is 4.01. The average molecular weight is 326 g/mol. The van der Waals surface area contributed by atoms with Crippen LogP contribution in [0.3, 0.4) is 0 Å². The Balaban J connectivity index is 2.22. The lowest BCUT2D eigenvalue weighted by Crippen LogP contribution is -2.10. The van der Waals surface area contributed by atoms with Crippen molar-refractivity contribution in [1.29, 1.82) is 0 Å². The number of esters is 1. The van der Waals surface area contributed by atoms with E-state index < -0.39 is 5.97 Å². The van der Waals surface area contributed by atoms with Crippen LogP contribution in [0.15, 0.2) is 24.4 Å². The fourth-order valence-corrected chi connectivity index (χ4v) is 2.10. The van der Waals surface area contributed by atoms with Crippen molar-refractivity contribution in [3.8, 4) is 0 Å². The van der Waals surface area contributed by atoms with Crippen LogP contribution in [0.5, 0.6) is 0 Å². The van der Waals surface area contributed by atoms with Gasteiger partial charge in [0.15, 0.2) is 0 Å². The topological polar surface area (TPSA) is 64.1 Å². The first-order valence-corrected chi connectivity index (χ1v) is 6.99. The van der Waals surface area contributed by atoms with Gasteiger partial charge in [0.2, 0.25) is 5.95 Å². The van der Waals surface area contributed by atoms with Gasteiger partial charge >= 0.3 is 5.97 Å². The van der Waals surface area contributed by atoms with Crippen molar-refractivity contribution in [3.05, 3.63) is 45.7 Å². The minimum Gasteiger partial charge on any atom is -0.462 e. The molecule has 0 radical (unpaired) electrons. The number of carbonyl (C=O) groups is 1. The number of nitrogens with zero attached hydrogens (tertiary/aromatic N) is 2. The van der Waals surface area contributed by atoms with E-state index in [1.807, 2.05) is 0 Å². The van der Waals surface area contributed by atoms with E-state index in [2.05, 4.69) is 15.3 Å². The molecule has 0 saturated heterocycles. The Labute approximate surface area is 132 Å². The van der Waals surface area contributed by atoms with Gasteiger partial charge in [0.05, 0.1) is 28.6 Å². The van der Waals surface area contributed by atoms with E-state index in [4.69, 9.17) is 27.9 Å². The molecule has 0 fully saturated rings. The highest BCUT2D eigenvalue weighted by Gasteiger charge is 2.13. The molecule has 1 aromatic heterocycles.